The van der Waals surface area contributed by atoms with Gasteiger partial charge in [0.1, 0.15) is 0 Å². The SMILES string of the molecule is O=C(O)C1=NN(c2ccc(S(=O)(=O)O)cc2)C(=O)\C1=C/C=C/C=C/c1c(C(=O)O)nn(-c2ccc(S(=O)(=O)O)cc2)c1O.[KH].[KH]. The molecule has 0 unspecified atom stereocenters. The molecule has 0 spiro atoms. The van der Waals surface area contributed by atoms with Crippen LogP contribution in [0.4, 0.5) is 5.69 Å². The van der Waals surface area contributed by atoms with Crippen molar-refractivity contribution in [1.29, 1.82) is 0 Å². The minimum atomic E-state index is -4.50. The second-order valence-electron chi connectivity index (χ2n) is 8.44. The third kappa shape index (κ3) is 9.01. The van der Waals surface area contributed by atoms with Gasteiger partial charge in [0.2, 0.25) is 5.88 Å². The summed E-state index contributed by atoms with van der Waals surface area (Å²) in [6.07, 6.45) is 6.06. The normalized spacial score (nSPS) is 14.4. The number of rotatable bonds is 9. The number of benzene rings is 2. The molecule has 20 heteroatoms. The molecule has 0 radical (unpaired) electrons. The molecule has 0 atom stereocenters. The Kier molecular flexibility index (Phi) is 13.5. The molecular weight excluding hydrogens is 691 g/mol. The average molecular weight is 711 g/mol. The molecule has 0 bridgehead atoms. The Morgan fingerprint density at radius 3 is 1.73 bits per heavy atom. The molecule has 1 amide bonds. The van der Waals surface area contributed by atoms with E-state index in [1.807, 2.05) is 0 Å². The number of amides is 1. The molecule has 0 saturated heterocycles. The fourth-order valence-electron chi connectivity index (χ4n) is 3.70. The van der Waals surface area contributed by atoms with Gasteiger partial charge in [0, 0.05) is 0 Å². The molecule has 0 saturated carbocycles. The van der Waals surface area contributed by atoms with Gasteiger partial charge in [-0.25, -0.2) is 9.59 Å². The number of hydrogen-bond acceptors (Lipinski definition) is 10. The Morgan fingerprint density at radius 1 is 0.756 bits per heavy atom. The van der Waals surface area contributed by atoms with Crippen molar-refractivity contribution in [2.75, 3.05) is 5.01 Å². The Hall–Kier alpha value is -2.16. The van der Waals surface area contributed by atoms with Crippen LogP contribution in [0, 0.1) is 0 Å². The molecule has 3 aromatic rings. The number of carboxylic acids is 2. The number of hydrogen-bond donors (Lipinski definition) is 5. The number of carboxylic acid groups (broad SMARTS) is 2. The summed E-state index contributed by atoms with van der Waals surface area (Å²) >= 11 is 0. The first-order valence-corrected chi connectivity index (χ1v) is 14.4. The van der Waals surface area contributed by atoms with Crippen molar-refractivity contribution in [2.45, 2.75) is 9.79 Å². The predicted octanol–water partition coefficient (Wildman–Crippen LogP) is 0.456. The number of aromatic carboxylic acids is 1. The van der Waals surface area contributed by atoms with E-state index in [4.69, 9.17) is 9.11 Å². The summed E-state index contributed by atoms with van der Waals surface area (Å²) in [5, 5.41) is 37.9. The first-order valence-electron chi connectivity index (χ1n) is 11.5. The van der Waals surface area contributed by atoms with Crippen LogP contribution < -0.4 is 5.01 Å². The first kappa shape index (κ1) is 39.0. The van der Waals surface area contributed by atoms with E-state index in [0.29, 0.717) is 0 Å². The van der Waals surface area contributed by atoms with E-state index in [9.17, 15) is 46.5 Å². The van der Waals surface area contributed by atoms with Crippen molar-refractivity contribution in [2.24, 2.45) is 5.10 Å². The zero-order chi connectivity index (χ0) is 31.7. The van der Waals surface area contributed by atoms with Crippen LogP contribution in [-0.2, 0) is 29.8 Å². The first-order chi connectivity index (χ1) is 20.1. The van der Waals surface area contributed by atoms with Gasteiger partial charge in [0.25, 0.3) is 26.1 Å². The summed E-state index contributed by atoms with van der Waals surface area (Å²) in [7, 11) is -8.99. The molecule has 5 N–H and O–H groups in total. The molecule has 2 aromatic carbocycles. The van der Waals surface area contributed by atoms with E-state index in [1.54, 1.807) is 0 Å². The predicted molar refractivity (Wildman–Crippen MR) is 161 cm³/mol. The fourth-order valence-corrected chi connectivity index (χ4v) is 4.66. The molecule has 0 fully saturated rings. The summed E-state index contributed by atoms with van der Waals surface area (Å²) < 4.78 is 64.0. The molecule has 16 nitrogen and oxygen atoms in total. The van der Waals surface area contributed by atoms with Gasteiger partial charge < -0.3 is 15.3 Å². The molecule has 1 aliphatic rings. The molecule has 0 aliphatic carbocycles. The summed E-state index contributed by atoms with van der Waals surface area (Å²) in [4.78, 5) is 35.4. The molecule has 1 aliphatic heterocycles. The second-order valence-corrected chi connectivity index (χ2v) is 11.3. The topological polar surface area (TPSA) is 254 Å². The zero-order valence-corrected chi connectivity index (χ0v) is 22.8. The van der Waals surface area contributed by atoms with Crippen molar-refractivity contribution < 1.29 is 55.6 Å². The van der Waals surface area contributed by atoms with Gasteiger partial charge in [0.15, 0.2) is 11.4 Å². The summed E-state index contributed by atoms with van der Waals surface area (Å²) in [6.45, 7) is 0. The number of allylic oxidation sites excluding steroid dienone is 4. The molecule has 2 heterocycles. The Labute approximate surface area is 339 Å². The van der Waals surface area contributed by atoms with Crippen molar-refractivity contribution in [3.8, 4) is 11.6 Å². The van der Waals surface area contributed by atoms with E-state index in [0.717, 1.165) is 58.2 Å². The molecular formula is C25H20K2N4O12S2. The number of carbonyl (C=O) groups is 3. The number of aromatic hydroxyl groups is 1. The zero-order valence-electron chi connectivity index (χ0n) is 21.2. The number of nitrogens with zero attached hydrogens (tertiary/aromatic N) is 4. The summed E-state index contributed by atoms with van der Waals surface area (Å²) in [6, 6.07) is 8.66. The van der Waals surface area contributed by atoms with Gasteiger partial charge >= 0.3 is 115 Å². The van der Waals surface area contributed by atoms with E-state index < -0.39 is 65.2 Å². The van der Waals surface area contributed by atoms with Crippen LogP contribution in [0.5, 0.6) is 5.88 Å². The minimum absolute atomic E-state index is 0. The average Bonchev–Trinajstić information content (AvgIpc) is 3.44. The molecule has 1 aromatic heterocycles. The van der Waals surface area contributed by atoms with Crippen molar-refractivity contribution >= 4 is 158 Å². The van der Waals surface area contributed by atoms with Crippen LogP contribution in [0.25, 0.3) is 11.8 Å². The number of anilines is 1. The summed E-state index contributed by atoms with van der Waals surface area (Å²) in [5.41, 5.74) is -1.68. The summed E-state index contributed by atoms with van der Waals surface area (Å²) in [5.74, 6) is -4.52. The molecule has 226 valence electrons. The van der Waals surface area contributed by atoms with Crippen LogP contribution in [-0.4, -0.2) is 177 Å². The fraction of sp³-hybridized carbons (Fsp3) is 0. The third-order valence-electron chi connectivity index (χ3n) is 5.69. The number of aromatic nitrogens is 2. The molecule has 45 heavy (non-hydrogen) atoms. The van der Waals surface area contributed by atoms with Crippen LogP contribution in [0.15, 0.2) is 93.3 Å². The number of aliphatic carboxylic acids is 1. The van der Waals surface area contributed by atoms with Crippen LogP contribution >= 0.6 is 0 Å². The number of carbonyl (C=O) groups excluding carboxylic acids is 1. The van der Waals surface area contributed by atoms with E-state index in [1.165, 1.54) is 30.4 Å². The number of hydrazone groups is 1. The Morgan fingerprint density at radius 2 is 1.27 bits per heavy atom. The van der Waals surface area contributed by atoms with Gasteiger partial charge in [-0.05, 0) is 60.7 Å². The second kappa shape index (κ2) is 15.6. The van der Waals surface area contributed by atoms with Gasteiger partial charge in [-0.3, -0.25) is 13.9 Å². The monoisotopic (exact) mass is 710 g/mol. The standard InChI is InChI=1S/C25H18N4O12S2.2K.2H/c30-22-18(20(24(32)33)26-28(22)14-6-10-16(11-7-14)42(36,37)38)4-2-1-3-5-19-21(25(34)35)27-29(23(19)31)15-8-12-17(13-9-15)43(39,40)41;;;;/h1-13,30H,(H,32,33)(H,34,35)(H,36,37,38)(H,39,40,41);;;;/b3-1+,4-2+,19-5-;;;;. The van der Waals surface area contributed by atoms with Crippen molar-refractivity contribution in [1.82, 2.24) is 9.78 Å². The van der Waals surface area contributed by atoms with E-state index in [2.05, 4.69) is 10.2 Å². The van der Waals surface area contributed by atoms with Crippen molar-refractivity contribution in [3.05, 3.63) is 89.7 Å². The Bertz CT molecular complexity index is 2000. The van der Waals surface area contributed by atoms with Crippen LogP contribution in [0.1, 0.15) is 16.1 Å². The van der Waals surface area contributed by atoms with Gasteiger partial charge in [-0.1, -0.05) is 18.2 Å². The third-order valence-corrected chi connectivity index (χ3v) is 7.42. The quantitative estimate of drug-likeness (QED) is 0.0877. The Balaban J connectivity index is 0.00000353. The van der Waals surface area contributed by atoms with E-state index in [-0.39, 0.29) is 125 Å². The van der Waals surface area contributed by atoms with Crippen LogP contribution in [0.2, 0.25) is 0 Å². The van der Waals surface area contributed by atoms with Gasteiger partial charge in [0.05, 0.1) is 32.3 Å². The maximum atomic E-state index is 12.9. The van der Waals surface area contributed by atoms with Gasteiger partial charge in [-0.2, -0.15) is 36.7 Å². The van der Waals surface area contributed by atoms with Crippen LogP contribution in [0.3, 0.4) is 0 Å². The van der Waals surface area contributed by atoms with Gasteiger partial charge in [-0.15, -0.1) is 0 Å². The van der Waals surface area contributed by atoms with E-state index >= 15 is 0 Å². The van der Waals surface area contributed by atoms with Crippen molar-refractivity contribution in [3.63, 3.8) is 0 Å². The maximum absolute atomic E-state index is 12.9. The molecule has 4 rings (SSSR count).